The van der Waals surface area contributed by atoms with Crippen LogP contribution in [-0.2, 0) is 11.0 Å². The van der Waals surface area contributed by atoms with E-state index >= 15 is 0 Å². The molecule has 1 fully saturated rings. The van der Waals surface area contributed by atoms with Gasteiger partial charge in [0.15, 0.2) is 0 Å². The quantitative estimate of drug-likeness (QED) is 0.349. The second-order valence-electron chi connectivity index (χ2n) is 9.76. The van der Waals surface area contributed by atoms with Gasteiger partial charge in [-0.3, -0.25) is 9.59 Å². The van der Waals surface area contributed by atoms with Gasteiger partial charge in [-0.1, -0.05) is 17.7 Å². The van der Waals surface area contributed by atoms with Crippen molar-refractivity contribution in [3.63, 3.8) is 0 Å². The molecule has 2 N–H and O–H groups in total. The highest BCUT2D eigenvalue weighted by atomic mass is 35.5. The highest BCUT2D eigenvalue weighted by Crippen LogP contribution is 2.42. The Morgan fingerprint density at radius 2 is 1.75 bits per heavy atom. The predicted octanol–water partition coefficient (Wildman–Crippen LogP) is 6.50. The number of rotatable bonds is 6. The van der Waals surface area contributed by atoms with Gasteiger partial charge in [0.2, 0.25) is 0 Å². The summed E-state index contributed by atoms with van der Waals surface area (Å²) in [5, 5.41) is 12.7. The number of carbonyl (C=O) groups excluding carboxylic acids is 1. The smallest absolute Gasteiger partial charge is 0.416 e. The van der Waals surface area contributed by atoms with Crippen molar-refractivity contribution in [1.82, 2.24) is 5.32 Å². The van der Waals surface area contributed by atoms with Crippen molar-refractivity contribution in [1.29, 1.82) is 0 Å². The molecule has 2 aliphatic heterocycles. The van der Waals surface area contributed by atoms with Crippen LogP contribution in [0.4, 0.5) is 18.9 Å². The Labute approximate surface area is 233 Å². The summed E-state index contributed by atoms with van der Waals surface area (Å²) >= 11 is 6.36. The van der Waals surface area contributed by atoms with Crippen LogP contribution in [0.25, 0.3) is 0 Å². The molecule has 0 radical (unpaired) electrons. The molecule has 0 saturated carbocycles. The molecule has 2 aliphatic rings. The van der Waals surface area contributed by atoms with Crippen LogP contribution in [0, 0.1) is 0 Å². The van der Waals surface area contributed by atoms with Gasteiger partial charge >= 0.3 is 12.1 Å². The number of ether oxygens (including phenoxy) is 2. The Balaban J connectivity index is 1.17. The van der Waals surface area contributed by atoms with Crippen LogP contribution < -0.4 is 19.7 Å². The summed E-state index contributed by atoms with van der Waals surface area (Å²) in [6.45, 7) is 1.33. The summed E-state index contributed by atoms with van der Waals surface area (Å²) < 4.78 is 50.6. The highest BCUT2D eigenvalue weighted by molar-refractivity contribution is 6.32. The summed E-state index contributed by atoms with van der Waals surface area (Å²) in [4.78, 5) is 26.2. The standard InChI is InChI=1S/C29H26ClF3N2O5/c30-24-15-23-22(28(37)38)10-13-39-25(23)16-26(24)40-21-6-4-17(5-7-21)27(36)34-19-8-11-35(12-9-19)20-3-1-2-18(14-20)29(31,32)33/h1-7,14-16,19,22H,8-13H2,(H,34,36)(H,37,38). The Morgan fingerprint density at radius 1 is 1.02 bits per heavy atom. The molecule has 0 spiro atoms. The van der Waals surface area contributed by atoms with Crippen molar-refractivity contribution >= 4 is 29.2 Å². The van der Waals surface area contributed by atoms with Gasteiger partial charge in [0.05, 0.1) is 23.1 Å². The molecule has 5 rings (SSSR count). The number of aliphatic carboxylic acids is 1. The first-order valence-corrected chi connectivity index (χ1v) is 13.2. The van der Waals surface area contributed by atoms with E-state index in [1.807, 2.05) is 4.90 Å². The molecule has 11 heteroatoms. The SMILES string of the molecule is O=C(NC1CCN(c2cccc(C(F)(F)F)c2)CC1)c1ccc(Oc2cc3c(cc2Cl)C(C(=O)O)CCO3)cc1. The lowest BCUT2D eigenvalue weighted by Gasteiger charge is -2.34. The van der Waals surface area contributed by atoms with Gasteiger partial charge in [-0.25, -0.2) is 0 Å². The topological polar surface area (TPSA) is 88.1 Å². The molecule has 0 bridgehead atoms. The first kappa shape index (κ1) is 27.6. The number of amides is 1. The van der Waals surface area contributed by atoms with Gasteiger partial charge in [-0.2, -0.15) is 13.2 Å². The molecule has 3 aromatic carbocycles. The minimum Gasteiger partial charge on any atom is -0.493 e. The van der Waals surface area contributed by atoms with E-state index in [2.05, 4.69) is 5.32 Å². The van der Waals surface area contributed by atoms with Gasteiger partial charge in [0.1, 0.15) is 17.2 Å². The lowest BCUT2D eigenvalue weighted by Crippen LogP contribution is -2.44. The number of carboxylic acid groups (broad SMARTS) is 1. The zero-order valence-electron chi connectivity index (χ0n) is 21.2. The molecule has 1 saturated heterocycles. The molecule has 3 aromatic rings. The second-order valence-corrected chi connectivity index (χ2v) is 10.2. The Kier molecular flexibility index (Phi) is 7.80. The van der Waals surface area contributed by atoms with Gasteiger partial charge < -0.3 is 24.8 Å². The average molecular weight is 575 g/mol. The maximum absolute atomic E-state index is 13.0. The molecule has 2 heterocycles. The molecular formula is C29H26ClF3N2O5. The lowest BCUT2D eigenvalue weighted by atomic mass is 9.93. The van der Waals surface area contributed by atoms with Crippen molar-refractivity contribution in [2.45, 2.75) is 37.4 Å². The normalized spacial score (nSPS) is 17.5. The number of halogens is 4. The van der Waals surface area contributed by atoms with E-state index in [9.17, 15) is 27.9 Å². The Hall–Kier alpha value is -3.92. The van der Waals surface area contributed by atoms with Crippen LogP contribution in [0.3, 0.4) is 0 Å². The summed E-state index contributed by atoms with van der Waals surface area (Å²) in [7, 11) is 0. The molecule has 1 amide bonds. The number of alkyl halides is 3. The number of carbonyl (C=O) groups is 2. The molecular weight excluding hydrogens is 549 g/mol. The summed E-state index contributed by atoms with van der Waals surface area (Å²) in [5.74, 6) is -0.753. The van der Waals surface area contributed by atoms with E-state index < -0.39 is 23.6 Å². The van der Waals surface area contributed by atoms with Gasteiger partial charge in [0.25, 0.3) is 5.91 Å². The van der Waals surface area contributed by atoms with E-state index in [1.54, 1.807) is 42.5 Å². The molecule has 0 aromatic heterocycles. The molecule has 7 nitrogen and oxygen atoms in total. The number of piperidine rings is 1. The number of hydrogen-bond acceptors (Lipinski definition) is 5. The zero-order chi connectivity index (χ0) is 28.4. The van der Waals surface area contributed by atoms with E-state index in [0.717, 1.165) is 12.1 Å². The van der Waals surface area contributed by atoms with Gasteiger partial charge in [-0.15, -0.1) is 0 Å². The predicted molar refractivity (Wildman–Crippen MR) is 143 cm³/mol. The van der Waals surface area contributed by atoms with Crippen molar-refractivity contribution in [3.05, 3.63) is 82.4 Å². The maximum Gasteiger partial charge on any atom is 0.416 e. The zero-order valence-corrected chi connectivity index (χ0v) is 22.0. The second kappa shape index (κ2) is 11.3. The third-order valence-electron chi connectivity index (χ3n) is 7.12. The summed E-state index contributed by atoms with van der Waals surface area (Å²) in [6, 6.07) is 14.8. The minimum atomic E-state index is -4.39. The van der Waals surface area contributed by atoms with Gasteiger partial charge in [0, 0.05) is 42.0 Å². The van der Waals surface area contributed by atoms with Crippen molar-refractivity contribution in [3.8, 4) is 17.2 Å². The number of carboxylic acids is 1. The molecule has 0 aliphatic carbocycles. The summed E-state index contributed by atoms with van der Waals surface area (Å²) in [6.07, 6.45) is -2.83. The number of anilines is 1. The first-order valence-electron chi connectivity index (χ1n) is 12.8. The number of benzene rings is 3. The fourth-order valence-corrected chi connectivity index (χ4v) is 5.17. The van der Waals surface area contributed by atoms with Crippen LogP contribution in [0.2, 0.25) is 5.02 Å². The van der Waals surface area contributed by atoms with Crippen LogP contribution in [0.1, 0.15) is 46.7 Å². The van der Waals surface area contributed by atoms with Crippen molar-refractivity contribution in [2.75, 3.05) is 24.6 Å². The number of nitrogens with one attached hydrogen (secondary N) is 1. The maximum atomic E-state index is 13.0. The molecule has 1 unspecified atom stereocenters. The van der Waals surface area contributed by atoms with Crippen molar-refractivity contribution in [2.24, 2.45) is 0 Å². The number of hydrogen-bond donors (Lipinski definition) is 2. The lowest BCUT2D eigenvalue weighted by molar-refractivity contribution is -0.139. The van der Waals surface area contributed by atoms with E-state index in [1.165, 1.54) is 6.07 Å². The van der Waals surface area contributed by atoms with Crippen LogP contribution in [0.15, 0.2) is 60.7 Å². The fraction of sp³-hybridized carbons (Fsp3) is 0.310. The van der Waals surface area contributed by atoms with Gasteiger partial charge in [-0.05, 0) is 67.8 Å². The Morgan fingerprint density at radius 3 is 2.42 bits per heavy atom. The summed E-state index contributed by atoms with van der Waals surface area (Å²) in [5.41, 5.74) is 0.769. The van der Waals surface area contributed by atoms with E-state index in [0.29, 0.717) is 66.4 Å². The fourth-order valence-electron chi connectivity index (χ4n) is 4.96. The molecule has 210 valence electrons. The average Bonchev–Trinajstić information content (AvgIpc) is 2.93. The first-order chi connectivity index (χ1) is 19.1. The monoisotopic (exact) mass is 574 g/mol. The van der Waals surface area contributed by atoms with Crippen LogP contribution in [-0.4, -0.2) is 42.7 Å². The van der Waals surface area contributed by atoms with Crippen LogP contribution in [0.5, 0.6) is 17.2 Å². The number of nitrogens with zero attached hydrogens (tertiary/aromatic N) is 1. The van der Waals surface area contributed by atoms with E-state index in [-0.39, 0.29) is 23.6 Å². The molecule has 40 heavy (non-hydrogen) atoms. The van der Waals surface area contributed by atoms with E-state index in [4.69, 9.17) is 21.1 Å². The highest BCUT2D eigenvalue weighted by Gasteiger charge is 2.32. The molecule has 1 atom stereocenters. The van der Waals surface area contributed by atoms with Crippen LogP contribution >= 0.6 is 11.6 Å². The third kappa shape index (κ3) is 6.12. The van der Waals surface area contributed by atoms with Crippen molar-refractivity contribution < 1.29 is 37.3 Å². The third-order valence-corrected chi connectivity index (χ3v) is 7.41. The largest absolute Gasteiger partial charge is 0.493 e. The minimum absolute atomic E-state index is 0.102. The number of fused-ring (bicyclic) bond motifs is 1. The Bertz CT molecular complexity index is 1410.